The summed E-state index contributed by atoms with van der Waals surface area (Å²) < 4.78 is 16.5. The lowest BCUT2D eigenvalue weighted by Gasteiger charge is -2.53. The summed E-state index contributed by atoms with van der Waals surface area (Å²) in [7, 11) is 0. The molecule has 3 aliphatic heterocycles. The molecule has 2 saturated heterocycles. The van der Waals surface area contributed by atoms with Crippen LogP contribution in [-0.4, -0.2) is 41.1 Å². The van der Waals surface area contributed by atoms with Crippen molar-refractivity contribution in [3.63, 3.8) is 0 Å². The Bertz CT molecular complexity index is 655. The standard InChI is InChI=1S/C16H18O6/c1-14-4-3-5-15(2)10(14)9(21-12(15)18)11-16(22-11)7(14)6-8(17)20-13(16)19/h6,9-11,13,19H,3-5H2,1-2H3/t9?,10?,11-,13?,14-,15+,16+/m1/s1. The second-order valence-electron chi connectivity index (χ2n) is 7.71. The van der Waals surface area contributed by atoms with Gasteiger partial charge in [-0.05, 0) is 30.8 Å². The van der Waals surface area contributed by atoms with Crippen molar-refractivity contribution in [3.8, 4) is 0 Å². The molecule has 6 nitrogen and oxygen atoms in total. The van der Waals surface area contributed by atoms with Crippen LogP contribution in [0.15, 0.2) is 11.6 Å². The number of carbonyl (C=O) groups is 2. The number of aliphatic hydroxyl groups excluding tert-OH is 1. The SMILES string of the molecule is C[C@@]12CCC[C@]3(C)C4=CC(=O)OC(O)[C@]45O[C@@H]5C(OC1=O)C23. The maximum atomic E-state index is 12.5. The van der Waals surface area contributed by atoms with Gasteiger partial charge in [0.2, 0.25) is 6.29 Å². The first-order chi connectivity index (χ1) is 10.3. The number of rotatable bonds is 0. The monoisotopic (exact) mass is 306 g/mol. The lowest BCUT2D eigenvalue weighted by Crippen LogP contribution is -2.59. The molecule has 6 heteroatoms. The number of carbonyl (C=O) groups excluding carboxylic acids is 2. The average Bonchev–Trinajstić information content (AvgIpc) is 3.11. The van der Waals surface area contributed by atoms with Gasteiger partial charge in [0, 0.05) is 12.0 Å². The first-order valence-corrected chi connectivity index (χ1v) is 7.84. The number of ether oxygens (including phenoxy) is 3. The predicted molar refractivity (Wildman–Crippen MR) is 71.2 cm³/mol. The summed E-state index contributed by atoms with van der Waals surface area (Å²) in [5.74, 6) is -0.745. The van der Waals surface area contributed by atoms with E-state index in [4.69, 9.17) is 14.2 Å². The Kier molecular flexibility index (Phi) is 2.03. The minimum absolute atomic E-state index is 0.0220. The molecule has 4 fully saturated rings. The summed E-state index contributed by atoms with van der Waals surface area (Å²) >= 11 is 0. The van der Waals surface area contributed by atoms with Crippen molar-refractivity contribution in [1.82, 2.24) is 0 Å². The molecule has 118 valence electrons. The van der Waals surface area contributed by atoms with Crippen LogP contribution >= 0.6 is 0 Å². The van der Waals surface area contributed by atoms with E-state index in [1.807, 2.05) is 6.92 Å². The van der Waals surface area contributed by atoms with Gasteiger partial charge in [0.05, 0.1) is 5.41 Å². The summed E-state index contributed by atoms with van der Waals surface area (Å²) in [5.41, 5.74) is -1.15. The number of epoxide rings is 1. The zero-order valence-electron chi connectivity index (χ0n) is 12.5. The third-order valence-corrected chi connectivity index (χ3v) is 6.68. The van der Waals surface area contributed by atoms with E-state index in [9.17, 15) is 14.7 Å². The molecule has 1 spiro atoms. The van der Waals surface area contributed by atoms with Crippen molar-refractivity contribution < 1.29 is 28.9 Å². The fraction of sp³-hybridized carbons (Fsp3) is 0.750. The largest absolute Gasteiger partial charge is 0.459 e. The van der Waals surface area contributed by atoms with E-state index in [0.717, 1.165) is 24.8 Å². The van der Waals surface area contributed by atoms with Gasteiger partial charge in [-0.15, -0.1) is 0 Å². The summed E-state index contributed by atoms with van der Waals surface area (Å²) in [6, 6.07) is 0. The fourth-order valence-electron chi connectivity index (χ4n) is 5.77. The number of esters is 2. The second-order valence-corrected chi connectivity index (χ2v) is 7.71. The lowest BCUT2D eigenvalue weighted by molar-refractivity contribution is -0.179. The van der Waals surface area contributed by atoms with Gasteiger partial charge in [-0.3, -0.25) is 4.79 Å². The highest BCUT2D eigenvalue weighted by atomic mass is 16.7. The van der Waals surface area contributed by atoms with Gasteiger partial charge in [-0.2, -0.15) is 0 Å². The van der Waals surface area contributed by atoms with Crippen molar-refractivity contribution in [1.29, 1.82) is 0 Å². The molecule has 7 atom stereocenters. The highest BCUT2D eigenvalue weighted by molar-refractivity contribution is 5.87. The number of fused-ring (bicyclic) bond motifs is 2. The van der Waals surface area contributed by atoms with Crippen molar-refractivity contribution in [3.05, 3.63) is 11.6 Å². The molecule has 5 rings (SSSR count). The number of hydrogen-bond donors (Lipinski definition) is 1. The zero-order chi connectivity index (χ0) is 15.5. The molecule has 2 saturated carbocycles. The van der Waals surface area contributed by atoms with Gasteiger partial charge in [0.15, 0.2) is 5.60 Å². The molecule has 3 unspecified atom stereocenters. The average molecular weight is 306 g/mol. The molecule has 0 amide bonds. The highest BCUT2D eigenvalue weighted by Crippen LogP contribution is 2.72. The van der Waals surface area contributed by atoms with Gasteiger partial charge < -0.3 is 19.3 Å². The maximum absolute atomic E-state index is 12.5. The number of cyclic esters (lactones) is 1. The van der Waals surface area contributed by atoms with Crippen LogP contribution < -0.4 is 0 Å². The molecule has 0 aromatic rings. The molecule has 0 aromatic carbocycles. The van der Waals surface area contributed by atoms with Crippen molar-refractivity contribution >= 4 is 11.9 Å². The molecular weight excluding hydrogens is 288 g/mol. The van der Waals surface area contributed by atoms with Crippen molar-refractivity contribution in [2.45, 2.75) is 57.2 Å². The van der Waals surface area contributed by atoms with Crippen LogP contribution in [0, 0.1) is 16.7 Å². The van der Waals surface area contributed by atoms with Gasteiger partial charge >= 0.3 is 11.9 Å². The van der Waals surface area contributed by atoms with Gasteiger partial charge in [0.1, 0.15) is 12.2 Å². The molecule has 0 bridgehead atoms. The normalized spacial score (nSPS) is 57.9. The van der Waals surface area contributed by atoms with E-state index >= 15 is 0 Å². The highest BCUT2D eigenvalue weighted by Gasteiger charge is 2.83. The van der Waals surface area contributed by atoms with Crippen LogP contribution in [0.5, 0.6) is 0 Å². The second kappa shape index (κ2) is 3.41. The molecular formula is C16H18O6. The number of hydrogen-bond acceptors (Lipinski definition) is 6. The third kappa shape index (κ3) is 1.12. The summed E-state index contributed by atoms with van der Waals surface area (Å²) in [4.78, 5) is 24.3. The van der Waals surface area contributed by atoms with Crippen LogP contribution in [0.1, 0.15) is 33.1 Å². The van der Waals surface area contributed by atoms with Gasteiger partial charge in [0.25, 0.3) is 0 Å². The van der Waals surface area contributed by atoms with Crippen molar-refractivity contribution in [2.75, 3.05) is 0 Å². The Hall–Kier alpha value is -1.40. The predicted octanol–water partition coefficient (Wildman–Crippen LogP) is 0.677. The van der Waals surface area contributed by atoms with Crippen LogP contribution in [0.25, 0.3) is 0 Å². The van der Waals surface area contributed by atoms with Gasteiger partial charge in [-0.25, -0.2) is 4.79 Å². The molecule has 0 radical (unpaired) electrons. The van der Waals surface area contributed by atoms with E-state index in [2.05, 4.69) is 6.92 Å². The van der Waals surface area contributed by atoms with Crippen LogP contribution in [0.3, 0.4) is 0 Å². The quantitative estimate of drug-likeness (QED) is 0.523. The number of aliphatic hydroxyl groups is 1. The lowest BCUT2D eigenvalue weighted by atomic mass is 9.48. The molecule has 1 N–H and O–H groups in total. The van der Waals surface area contributed by atoms with E-state index in [1.165, 1.54) is 6.08 Å². The zero-order valence-corrected chi connectivity index (χ0v) is 12.5. The Morgan fingerprint density at radius 3 is 2.68 bits per heavy atom. The molecule has 5 aliphatic rings. The molecule has 22 heavy (non-hydrogen) atoms. The minimum atomic E-state index is -1.32. The van der Waals surface area contributed by atoms with Crippen molar-refractivity contribution in [2.24, 2.45) is 16.7 Å². The smallest absolute Gasteiger partial charge is 0.333 e. The first-order valence-electron chi connectivity index (χ1n) is 7.84. The Labute approximate surface area is 127 Å². The Morgan fingerprint density at radius 2 is 1.91 bits per heavy atom. The first kappa shape index (κ1) is 13.1. The fourth-order valence-corrected chi connectivity index (χ4v) is 5.77. The Balaban J connectivity index is 1.75. The van der Waals surface area contributed by atoms with Crippen LogP contribution in [0.4, 0.5) is 0 Å². The minimum Gasteiger partial charge on any atom is -0.459 e. The van der Waals surface area contributed by atoms with E-state index in [0.29, 0.717) is 0 Å². The summed E-state index contributed by atoms with van der Waals surface area (Å²) in [6.45, 7) is 4.03. The summed E-state index contributed by atoms with van der Waals surface area (Å²) in [6.07, 6.45) is 1.89. The van der Waals surface area contributed by atoms with E-state index < -0.39 is 34.8 Å². The van der Waals surface area contributed by atoms with E-state index in [-0.39, 0.29) is 18.0 Å². The summed E-state index contributed by atoms with van der Waals surface area (Å²) in [5, 5.41) is 10.3. The molecule has 3 heterocycles. The molecule has 2 aliphatic carbocycles. The van der Waals surface area contributed by atoms with Crippen LogP contribution in [0.2, 0.25) is 0 Å². The van der Waals surface area contributed by atoms with Gasteiger partial charge in [-0.1, -0.05) is 13.3 Å². The molecule has 0 aromatic heterocycles. The third-order valence-electron chi connectivity index (χ3n) is 6.68. The Morgan fingerprint density at radius 1 is 1.18 bits per heavy atom. The topological polar surface area (TPSA) is 85.4 Å². The maximum Gasteiger partial charge on any atom is 0.333 e. The van der Waals surface area contributed by atoms with E-state index in [1.54, 1.807) is 0 Å². The van der Waals surface area contributed by atoms with Crippen LogP contribution in [-0.2, 0) is 23.8 Å².